The minimum atomic E-state index is -0.940. The third-order valence-electron chi connectivity index (χ3n) is 1.36. The largest absolute Gasteiger partial charge is 0.477 e. The number of hydrogen-bond donors (Lipinski definition) is 2. The summed E-state index contributed by atoms with van der Waals surface area (Å²) < 4.78 is 0. The summed E-state index contributed by atoms with van der Waals surface area (Å²) in [6, 6.07) is 0. The van der Waals surface area contributed by atoms with Crippen LogP contribution in [0, 0.1) is 0 Å². The lowest BCUT2D eigenvalue weighted by atomic mass is 10.2. The molecule has 0 aliphatic heterocycles. The van der Waals surface area contributed by atoms with Gasteiger partial charge in [-0.2, -0.15) is 0 Å². The average molecular weight is 174 g/mol. The van der Waals surface area contributed by atoms with Crippen molar-refractivity contribution in [2.75, 3.05) is 0 Å². The smallest absolute Gasteiger partial charge is 0.341 e. The molecule has 0 bridgehead atoms. The van der Waals surface area contributed by atoms with Gasteiger partial charge < -0.3 is 5.11 Å². The summed E-state index contributed by atoms with van der Waals surface area (Å²) in [5.74, 6) is -0.940. The number of carboxylic acid groups (broad SMARTS) is 1. The molecule has 0 rings (SSSR count). The van der Waals surface area contributed by atoms with E-state index in [9.17, 15) is 4.79 Å². The highest BCUT2D eigenvalue weighted by Gasteiger charge is 1.98. The van der Waals surface area contributed by atoms with Gasteiger partial charge in [0.15, 0.2) is 0 Å². The number of aliphatic carboxylic acids is 1. The number of carboxylic acids is 1. The fraction of sp³-hybridized carbons (Fsp3) is 0.625. The molecular formula is C8H14O2S. The van der Waals surface area contributed by atoms with Crippen LogP contribution in [0.4, 0.5) is 0 Å². The van der Waals surface area contributed by atoms with E-state index < -0.39 is 5.97 Å². The van der Waals surface area contributed by atoms with Crippen molar-refractivity contribution in [1.29, 1.82) is 0 Å². The van der Waals surface area contributed by atoms with Crippen LogP contribution in [0.25, 0.3) is 0 Å². The van der Waals surface area contributed by atoms with Gasteiger partial charge in [0, 0.05) is 0 Å². The van der Waals surface area contributed by atoms with Crippen LogP contribution >= 0.6 is 12.6 Å². The molecule has 64 valence electrons. The van der Waals surface area contributed by atoms with Crippen molar-refractivity contribution in [2.24, 2.45) is 0 Å². The summed E-state index contributed by atoms with van der Waals surface area (Å²) in [4.78, 5) is 10.4. The second-order valence-corrected chi connectivity index (χ2v) is 2.87. The van der Waals surface area contributed by atoms with E-state index in [0.29, 0.717) is 0 Å². The maximum absolute atomic E-state index is 10.2. The Morgan fingerprint density at radius 2 is 2.18 bits per heavy atom. The van der Waals surface area contributed by atoms with Gasteiger partial charge in [0.25, 0.3) is 0 Å². The van der Waals surface area contributed by atoms with Crippen molar-refractivity contribution in [3.05, 3.63) is 11.0 Å². The van der Waals surface area contributed by atoms with Gasteiger partial charge in [0.05, 0.1) is 4.91 Å². The Morgan fingerprint density at radius 3 is 2.64 bits per heavy atom. The van der Waals surface area contributed by atoms with Crippen molar-refractivity contribution in [3.8, 4) is 0 Å². The second-order valence-electron chi connectivity index (χ2n) is 2.39. The summed E-state index contributed by atoms with van der Waals surface area (Å²) in [5.41, 5.74) is 0. The van der Waals surface area contributed by atoms with Gasteiger partial charge in [-0.25, -0.2) is 4.79 Å². The first kappa shape index (κ1) is 10.6. The van der Waals surface area contributed by atoms with Crippen LogP contribution in [0.2, 0.25) is 0 Å². The summed E-state index contributed by atoms with van der Waals surface area (Å²) in [7, 11) is 0. The van der Waals surface area contributed by atoms with Crippen LogP contribution in [0.3, 0.4) is 0 Å². The number of allylic oxidation sites excluding steroid dienone is 1. The van der Waals surface area contributed by atoms with Gasteiger partial charge in [0.2, 0.25) is 0 Å². The van der Waals surface area contributed by atoms with Gasteiger partial charge in [-0.15, -0.1) is 12.6 Å². The highest BCUT2D eigenvalue weighted by molar-refractivity contribution is 7.85. The van der Waals surface area contributed by atoms with Crippen LogP contribution < -0.4 is 0 Å². The van der Waals surface area contributed by atoms with Crippen LogP contribution in [-0.2, 0) is 4.79 Å². The number of rotatable bonds is 5. The third-order valence-corrected chi connectivity index (χ3v) is 1.74. The zero-order chi connectivity index (χ0) is 8.69. The van der Waals surface area contributed by atoms with Gasteiger partial charge in [0.1, 0.15) is 0 Å². The van der Waals surface area contributed by atoms with E-state index in [1.165, 1.54) is 0 Å². The Kier molecular flexibility index (Phi) is 6.03. The van der Waals surface area contributed by atoms with E-state index in [1.807, 2.05) is 0 Å². The summed E-state index contributed by atoms with van der Waals surface area (Å²) in [6.07, 6.45) is 5.83. The lowest BCUT2D eigenvalue weighted by molar-refractivity contribution is -0.131. The molecule has 0 aliphatic carbocycles. The van der Waals surface area contributed by atoms with Crippen molar-refractivity contribution in [3.63, 3.8) is 0 Å². The predicted octanol–water partition coefficient (Wildman–Crippen LogP) is 2.47. The van der Waals surface area contributed by atoms with Gasteiger partial charge in [-0.3, -0.25) is 0 Å². The molecule has 2 nitrogen and oxygen atoms in total. The Morgan fingerprint density at radius 1 is 1.55 bits per heavy atom. The minimum absolute atomic E-state index is 0.154. The molecule has 0 heterocycles. The summed E-state index contributed by atoms with van der Waals surface area (Å²) in [6.45, 7) is 2.11. The van der Waals surface area contributed by atoms with E-state index in [1.54, 1.807) is 6.08 Å². The van der Waals surface area contributed by atoms with Crippen molar-refractivity contribution in [2.45, 2.75) is 32.6 Å². The zero-order valence-corrected chi connectivity index (χ0v) is 7.60. The highest BCUT2D eigenvalue weighted by atomic mass is 32.1. The minimum Gasteiger partial charge on any atom is -0.477 e. The molecule has 0 radical (unpaired) electrons. The van der Waals surface area contributed by atoms with Crippen molar-refractivity contribution >= 4 is 18.6 Å². The first-order valence-electron chi connectivity index (χ1n) is 3.81. The molecule has 11 heavy (non-hydrogen) atoms. The van der Waals surface area contributed by atoms with Crippen molar-refractivity contribution in [1.82, 2.24) is 0 Å². The molecule has 0 aromatic rings. The first-order chi connectivity index (χ1) is 5.18. The second kappa shape index (κ2) is 6.28. The number of thiol groups is 1. The van der Waals surface area contributed by atoms with Gasteiger partial charge in [-0.05, 0) is 12.8 Å². The highest BCUT2D eigenvalue weighted by Crippen LogP contribution is 2.06. The summed E-state index contributed by atoms with van der Waals surface area (Å²) >= 11 is 3.79. The quantitative estimate of drug-likeness (QED) is 0.381. The molecule has 0 atom stereocenters. The predicted molar refractivity (Wildman–Crippen MR) is 48.8 cm³/mol. The Labute approximate surface area is 72.7 Å². The van der Waals surface area contributed by atoms with E-state index in [4.69, 9.17) is 5.11 Å². The maximum atomic E-state index is 10.2. The van der Waals surface area contributed by atoms with Crippen LogP contribution in [0.15, 0.2) is 11.0 Å². The molecule has 0 saturated carbocycles. The Balaban J connectivity index is 3.48. The number of unbranched alkanes of at least 4 members (excludes halogenated alkanes) is 3. The van der Waals surface area contributed by atoms with Crippen molar-refractivity contribution < 1.29 is 9.90 Å². The lowest BCUT2D eigenvalue weighted by Gasteiger charge is -1.93. The monoisotopic (exact) mass is 174 g/mol. The third kappa shape index (κ3) is 5.98. The molecule has 0 amide bonds. The van der Waals surface area contributed by atoms with Crippen LogP contribution in [0.5, 0.6) is 0 Å². The van der Waals surface area contributed by atoms with E-state index in [-0.39, 0.29) is 4.91 Å². The molecule has 0 saturated heterocycles. The summed E-state index contributed by atoms with van der Waals surface area (Å²) in [5, 5.41) is 8.39. The fourth-order valence-corrected chi connectivity index (χ4v) is 0.850. The fourth-order valence-electron chi connectivity index (χ4n) is 0.720. The topological polar surface area (TPSA) is 37.3 Å². The van der Waals surface area contributed by atoms with Crippen LogP contribution in [-0.4, -0.2) is 11.1 Å². The molecular weight excluding hydrogens is 160 g/mol. The van der Waals surface area contributed by atoms with E-state index >= 15 is 0 Å². The van der Waals surface area contributed by atoms with E-state index in [0.717, 1.165) is 25.7 Å². The van der Waals surface area contributed by atoms with Crippen LogP contribution in [0.1, 0.15) is 32.6 Å². The Bertz CT molecular complexity index is 152. The first-order valence-corrected chi connectivity index (χ1v) is 4.25. The SMILES string of the molecule is CCCCC/C=C(\S)C(=O)O. The maximum Gasteiger partial charge on any atom is 0.341 e. The normalized spacial score (nSPS) is 11.6. The molecule has 0 aromatic heterocycles. The molecule has 0 aromatic carbocycles. The number of hydrogen-bond acceptors (Lipinski definition) is 2. The average Bonchev–Trinajstić information content (AvgIpc) is 1.97. The number of carbonyl (C=O) groups is 1. The lowest BCUT2D eigenvalue weighted by Crippen LogP contribution is -1.93. The zero-order valence-electron chi connectivity index (χ0n) is 6.71. The molecule has 0 spiro atoms. The Hall–Kier alpha value is -0.440. The standard InChI is InChI=1S/C8H14O2S/c1-2-3-4-5-6-7(11)8(9)10/h6,11H,2-5H2,1H3,(H,9,10)/b7-6-. The van der Waals surface area contributed by atoms with E-state index in [2.05, 4.69) is 19.6 Å². The molecule has 1 N–H and O–H groups in total. The molecule has 0 unspecified atom stereocenters. The van der Waals surface area contributed by atoms with Gasteiger partial charge in [-0.1, -0.05) is 25.8 Å². The van der Waals surface area contributed by atoms with Gasteiger partial charge >= 0.3 is 5.97 Å². The molecule has 0 aliphatic rings. The molecule has 3 heteroatoms. The molecule has 0 fully saturated rings.